The van der Waals surface area contributed by atoms with Gasteiger partial charge in [-0.3, -0.25) is 9.59 Å². The van der Waals surface area contributed by atoms with Crippen LogP contribution in [0.4, 0.5) is 0 Å². The van der Waals surface area contributed by atoms with Gasteiger partial charge in [0, 0.05) is 8.59 Å². The van der Waals surface area contributed by atoms with Crippen LogP contribution >= 0.6 is 34.2 Å². The molecule has 2 rings (SSSR count). The van der Waals surface area contributed by atoms with Crippen LogP contribution in [0.5, 0.6) is 0 Å². The Balaban J connectivity index is 1.81. The molecular weight excluding hydrogens is 407 g/mol. The average Bonchev–Trinajstić information content (AvgIpc) is 2.95. The van der Waals surface area contributed by atoms with E-state index in [4.69, 9.17) is 16.0 Å². The number of benzene rings is 1. The van der Waals surface area contributed by atoms with E-state index in [-0.39, 0.29) is 18.4 Å². The first-order chi connectivity index (χ1) is 10.1. The van der Waals surface area contributed by atoms with Crippen LogP contribution in [0.2, 0.25) is 5.02 Å². The molecule has 2 aromatic rings. The highest BCUT2D eigenvalue weighted by atomic mass is 127. The summed E-state index contributed by atoms with van der Waals surface area (Å²) in [5.74, 6) is 0.0508. The molecule has 0 unspecified atom stereocenters. The Bertz CT molecular complexity index is 644. The first kappa shape index (κ1) is 15.8. The van der Waals surface area contributed by atoms with Gasteiger partial charge in [0.25, 0.3) is 5.91 Å². The van der Waals surface area contributed by atoms with E-state index < -0.39 is 0 Å². The zero-order valence-electron chi connectivity index (χ0n) is 10.9. The van der Waals surface area contributed by atoms with Gasteiger partial charge in [-0.05, 0) is 52.9 Å². The quantitative estimate of drug-likeness (QED) is 0.733. The predicted molar refractivity (Wildman–Crippen MR) is 87.1 cm³/mol. The summed E-state index contributed by atoms with van der Waals surface area (Å²) < 4.78 is 5.82. The molecular formula is C14H12ClIN2O3. The third-order valence-corrected chi connectivity index (χ3v) is 3.75. The molecule has 0 saturated heterocycles. The van der Waals surface area contributed by atoms with Crippen molar-refractivity contribution in [2.45, 2.75) is 6.54 Å². The molecule has 1 heterocycles. The van der Waals surface area contributed by atoms with Crippen molar-refractivity contribution in [3.63, 3.8) is 0 Å². The minimum Gasteiger partial charge on any atom is -0.467 e. The largest absolute Gasteiger partial charge is 0.467 e. The molecule has 0 aliphatic carbocycles. The average molecular weight is 419 g/mol. The normalized spacial score (nSPS) is 10.2. The molecule has 110 valence electrons. The number of hydrogen-bond donors (Lipinski definition) is 2. The predicted octanol–water partition coefficient (Wildman–Crippen LogP) is 2.58. The van der Waals surface area contributed by atoms with Gasteiger partial charge in [-0.25, -0.2) is 0 Å². The summed E-state index contributed by atoms with van der Waals surface area (Å²) in [5, 5.41) is 5.77. The van der Waals surface area contributed by atoms with E-state index in [9.17, 15) is 9.59 Å². The summed E-state index contributed by atoms with van der Waals surface area (Å²) in [6, 6.07) is 8.45. The number of hydrogen-bond acceptors (Lipinski definition) is 3. The van der Waals surface area contributed by atoms with Crippen LogP contribution in [-0.2, 0) is 11.3 Å². The summed E-state index contributed by atoms with van der Waals surface area (Å²) in [7, 11) is 0. The standard InChI is InChI=1S/C14H12ClIN2O3/c15-9-3-4-11(12(16)6-9)14(20)18-8-13(19)17-7-10-2-1-5-21-10/h1-6H,7-8H2,(H,17,19)(H,18,20). The fourth-order valence-electron chi connectivity index (χ4n) is 1.59. The first-order valence-corrected chi connectivity index (χ1v) is 7.54. The van der Waals surface area contributed by atoms with Crippen molar-refractivity contribution in [3.8, 4) is 0 Å². The SMILES string of the molecule is O=C(CNC(=O)c1ccc(Cl)cc1I)NCc1ccco1. The van der Waals surface area contributed by atoms with Crippen molar-refractivity contribution in [3.05, 3.63) is 56.5 Å². The second kappa shape index (κ2) is 7.46. The highest BCUT2D eigenvalue weighted by Gasteiger charge is 2.11. The highest BCUT2D eigenvalue weighted by molar-refractivity contribution is 14.1. The highest BCUT2D eigenvalue weighted by Crippen LogP contribution is 2.17. The zero-order valence-corrected chi connectivity index (χ0v) is 13.8. The molecule has 0 atom stereocenters. The molecule has 0 aliphatic rings. The molecule has 0 radical (unpaired) electrons. The van der Waals surface area contributed by atoms with Crippen LogP contribution in [0, 0.1) is 3.57 Å². The molecule has 7 heteroatoms. The first-order valence-electron chi connectivity index (χ1n) is 6.08. The second-order valence-corrected chi connectivity index (χ2v) is 5.76. The maximum atomic E-state index is 12.0. The van der Waals surface area contributed by atoms with Gasteiger partial charge in [-0.2, -0.15) is 0 Å². The smallest absolute Gasteiger partial charge is 0.252 e. The Labute approximate surface area is 140 Å². The minimum atomic E-state index is -0.316. The summed E-state index contributed by atoms with van der Waals surface area (Å²) in [5.41, 5.74) is 0.485. The Kier molecular flexibility index (Phi) is 5.63. The summed E-state index contributed by atoms with van der Waals surface area (Å²) in [4.78, 5) is 23.6. The van der Waals surface area contributed by atoms with Gasteiger partial charge in [-0.15, -0.1) is 0 Å². The van der Waals surface area contributed by atoms with Gasteiger partial charge in [0.1, 0.15) is 5.76 Å². The third kappa shape index (κ3) is 4.75. The van der Waals surface area contributed by atoms with E-state index >= 15 is 0 Å². The molecule has 0 saturated carbocycles. The molecule has 0 fully saturated rings. The van der Waals surface area contributed by atoms with Crippen LogP contribution < -0.4 is 10.6 Å². The monoisotopic (exact) mass is 418 g/mol. The Morgan fingerprint density at radius 3 is 2.71 bits per heavy atom. The molecule has 0 aliphatic heterocycles. The summed E-state index contributed by atoms with van der Waals surface area (Å²) >= 11 is 7.85. The topological polar surface area (TPSA) is 71.3 Å². The zero-order chi connectivity index (χ0) is 15.2. The van der Waals surface area contributed by atoms with Crippen LogP contribution in [0.1, 0.15) is 16.1 Å². The number of halogens is 2. The summed E-state index contributed by atoms with van der Waals surface area (Å²) in [6.45, 7) is 0.193. The molecule has 5 nitrogen and oxygen atoms in total. The number of nitrogens with one attached hydrogen (secondary N) is 2. The van der Waals surface area contributed by atoms with Crippen LogP contribution in [0.25, 0.3) is 0 Å². The van der Waals surface area contributed by atoms with Gasteiger partial charge in [0.15, 0.2) is 0 Å². The molecule has 2 amide bonds. The van der Waals surface area contributed by atoms with E-state index in [1.165, 1.54) is 6.26 Å². The van der Waals surface area contributed by atoms with Gasteiger partial charge >= 0.3 is 0 Å². The van der Waals surface area contributed by atoms with Crippen LogP contribution in [0.3, 0.4) is 0 Å². The lowest BCUT2D eigenvalue weighted by Crippen LogP contribution is -2.36. The molecule has 2 N–H and O–H groups in total. The number of furan rings is 1. The van der Waals surface area contributed by atoms with Crippen molar-refractivity contribution >= 4 is 46.0 Å². The molecule has 1 aromatic heterocycles. The van der Waals surface area contributed by atoms with Gasteiger partial charge in [-0.1, -0.05) is 11.6 Å². The van der Waals surface area contributed by atoms with Gasteiger partial charge in [0.2, 0.25) is 5.91 Å². The lowest BCUT2D eigenvalue weighted by molar-refractivity contribution is -0.120. The van der Waals surface area contributed by atoms with Crippen LogP contribution in [0.15, 0.2) is 41.0 Å². The second-order valence-electron chi connectivity index (χ2n) is 4.16. The maximum absolute atomic E-state index is 12.0. The number of rotatable bonds is 5. The van der Waals surface area contributed by atoms with E-state index in [1.54, 1.807) is 30.3 Å². The number of carbonyl (C=O) groups excluding carboxylic acids is 2. The van der Waals surface area contributed by atoms with Gasteiger partial charge in [0.05, 0.1) is 24.9 Å². The Morgan fingerprint density at radius 2 is 2.05 bits per heavy atom. The van der Waals surface area contributed by atoms with E-state index in [2.05, 4.69) is 10.6 Å². The molecule has 0 spiro atoms. The van der Waals surface area contributed by atoms with Crippen LogP contribution in [-0.4, -0.2) is 18.4 Å². The lowest BCUT2D eigenvalue weighted by Gasteiger charge is -2.07. The van der Waals surface area contributed by atoms with Crippen molar-refractivity contribution in [1.82, 2.24) is 10.6 Å². The van der Waals surface area contributed by atoms with Crippen molar-refractivity contribution in [2.24, 2.45) is 0 Å². The molecule has 21 heavy (non-hydrogen) atoms. The van der Waals surface area contributed by atoms with Crippen molar-refractivity contribution < 1.29 is 14.0 Å². The number of amides is 2. The van der Waals surface area contributed by atoms with Crippen molar-refractivity contribution in [2.75, 3.05) is 6.54 Å². The van der Waals surface area contributed by atoms with Gasteiger partial charge < -0.3 is 15.1 Å². The maximum Gasteiger partial charge on any atom is 0.252 e. The lowest BCUT2D eigenvalue weighted by atomic mass is 10.2. The van der Waals surface area contributed by atoms with E-state index in [0.29, 0.717) is 22.9 Å². The van der Waals surface area contributed by atoms with Crippen molar-refractivity contribution in [1.29, 1.82) is 0 Å². The Hall–Kier alpha value is -1.54. The Morgan fingerprint density at radius 1 is 1.24 bits per heavy atom. The fraction of sp³-hybridized carbons (Fsp3) is 0.143. The number of carbonyl (C=O) groups is 2. The summed E-state index contributed by atoms with van der Waals surface area (Å²) in [6.07, 6.45) is 1.53. The minimum absolute atomic E-state index is 0.0990. The molecule has 0 bridgehead atoms. The molecule has 1 aromatic carbocycles. The fourth-order valence-corrected chi connectivity index (χ4v) is 2.71. The van der Waals surface area contributed by atoms with E-state index in [0.717, 1.165) is 3.57 Å². The third-order valence-electron chi connectivity index (χ3n) is 2.63. The van der Waals surface area contributed by atoms with E-state index in [1.807, 2.05) is 22.6 Å².